The second-order valence-corrected chi connectivity index (χ2v) is 4.45. The molecular weight excluding hydrogens is 249 g/mol. The van der Waals surface area contributed by atoms with E-state index in [1.807, 2.05) is 0 Å². The molecule has 5 nitrogen and oxygen atoms in total. The maximum atomic E-state index is 13.9. The Hall–Kier alpha value is -1.95. The molecular formula is C13H14FN3O2. The van der Waals surface area contributed by atoms with E-state index in [1.54, 1.807) is 12.1 Å². The molecule has 2 aromatic rings. The number of rotatable bonds is 3. The summed E-state index contributed by atoms with van der Waals surface area (Å²) in [5.41, 5.74) is 0.314. The number of aromatic nitrogens is 2. The van der Waals surface area contributed by atoms with Crippen molar-refractivity contribution >= 4 is 0 Å². The topological polar surface area (TPSA) is 60.2 Å². The van der Waals surface area contributed by atoms with Crippen LogP contribution in [0.5, 0.6) is 5.75 Å². The van der Waals surface area contributed by atoms with E-state index < -0.39 is 5.82 Å². The molecule has 0 radical (unpaired) electrons. The van der Waals surface area contributed by atoms with Crippen molar-refractivity contribution in [2.75, 3.05) is 13.7 Å². The predicted octanol–water partition coefficient (Wildman–Crippen LogP) is 2.31. The first kappa shape index (κ1) is 12.1. The molecule has 0 spiro atoms. The van der Waals surface area contributed by atoms with Gasteiger partial charge in [0.25, 0.3) is 0 Å². The van der Waals surface area contributed by atoms with E-state index in [9.17, 15) is 4.39 Å². The summed E-state index contributed by atoms with van der Waals surface area (Å²) >= 11 is 0. The van der Waals surface area contributed by atoms with Crippen molar-refractivity contribution < 1.29 is 13.7 Å². The number of ether oxygens (including phenoxy) is 1. The maximum Gasteiger partial charge on any atom is 0.244 e. The van der Waals surface area contributed by atoms with Crippen molar-refractivity contribution in [2.24, 2.45) is 0 Å². The van der Waals surface area contributed by atoms with E-state index in [0.29, 0.717) is 17.2 Å². The van der Waals surface area contributed by atoms with Gasteiger partial charge in [0.05, 0.1) is 18.7 Å². The van der Waals surface area contributed by atoms with Crippen molar-refractivity contribution in [3.63, 3.8) is 0 Å². The zero-order valence-corrected chi connectivity index (χ0v) is 10.5. The molecule has 0 bridgehead atoms. The maximum absolute atomic E-state index is 13.9. The summed E-state index contributed by atoms with van der Waals surface area (Å²) in [6.07, 6.45) is 2.05. The fourth-order valence-electron chi connectivity index (χ4n) is 2.19. The molecule has 1 atom stereocenters. The van der Waals surface area contributed by atoms with Crippen LogP contribution in [0.3, 0.4) is 0 Å². The highest BCUT2D eigenvalue weighted by Crippen LogP contribution is 2.27. The van der Waals surface area contributed by atoms with Crippen LogP contribution in [0.15, 0.2) is 22.7 Å². The Labute approximate surface area is 109 Å². The van der Waals surface area contributed by atoms with Crippen molar-refractivity contribution in [2.45, 2.75) is 18.9 Å². The highest BCUT2D eigenvalue weighted by Gasteiger charge is 2.23. The minimum atomic E-state index is -0.425. The van der Waals surface area contributed by atoms with Crippen LogP contribution < -0.4 is 10.1 Å². The van der Waals surface area contributed by atoms with Gasteiger partial charge in [-0.2, -0.15) is 4.98 Å². The van der Waals surface area contributed by atoms with Gasteiger partial charge in [0, 0.05) is 6.07 Å². The minimum absolute atomic E-state index is 0.0857. The van der Waals surface area contributed by atoms with Crippen LogP contribution in [0.2, 0.25) is 0 Å². The van der Waals surface area contributed by atoms with Gasteiger partial charge in [0.15, 0.2) is 0 Å². The zero-order chi connectivity index (χ0) is 13.2. The Morgan fingerprint density at radius 3 is 3.05 bits per heavy atom. The first-order chi connectivity index (χ1) is 9.28. The van der Waals surface area contributed by atoms with Gasteiger partial charge in [0.2, 0.25) is 11.7 Å². The summed E-state index contributed by atoms with van der Waals surface area (Å²) in [5.74, 6) is 0.820. The monoisotopic (exact) mass is 263 g/mol. The first-order valence-corrected chi connectivity index (χ1v) is 6.19. The van der Waals surface area contributed by atoms with Crippen molar-refractivity contribution in [1.82, 2.24) is 15.5 Å². The lowest BCUT2D eigenvalue weighted by atomic mass is 10.2. The quantitative estimate of drug-likeness (QED) is 0.920. The standard InChI is InChI=1S/C13H14FN3O2/c1-18-8-4-5-9(10(14)7-8)12-16-13(19-17-12)11-3-2-6-15-11/h4-5,7,11,15H,2-3,6H2,1H3. The fraction of sp³-hybridized carbons (Fsp3) is 0.385. The lowest BCUT2D eigenvalue weighted by Crippen LogP contribution is -2.12. The fourth-order valence-corrected chi connectivity index (χ4v) is 2.19. The van der Waals surface area contributed by atoms with Gasteiger partial charge in [-0.1, -0.05) is 5.16 Å². The summed E-state index contributed by atoms with van der Waals surface area (Å²) in [6.45, 7) is 0.944. The van der Waals surface area contributed by atoms with Crippen molar-refractivity contribution in [1.29, 1.82) is 0 Å². The Bertz CT molecular complexity index is 579. The van der Waals surface area contributed by atoms with Crippen molar-refractivity contribution in [3.05, 3.63) is 29.9 Å². The number of halogens is 1. The van der Waals surface area contributed by atoms with Gasteiger partial charge in [-0.05, 0) is 31.5 Å². The second-order valence-electron chi connectivity index (χ2n) is 4.45. The average molecular weight is 263 g/mol. The molecule has 1 saturated heterocycles. The van der Waals surface area contributed by atoms with Gasteiger partial charge in [-0.15, -0.1) is 0 Å². The molecule has 0 saturated carbocycles. The summed E-state index contributed by atoms with van der Waals surface area (Å²) in [4.78, 5) is 4.26. The van der Waals surface area contributed by atoms with E-state index in [0.717, 1.165) is 19.4 Å². The number of benzene rings is 1. The third-order valence-electron chi connectivity index (χ3n) is 3.22. The molecule has 1 aromatic carbocycles. The van der Waals surface area contributed by atoms with Crippen LogP contribution >= 0.6 is 0 Å². The molecule has 1 fully saturated rings. The van der Waals surface area contributed by atoms with Crippen LogP contribution in [0.25, 0.3) is 11.4 Å². The van der Waals surface area contributed by atoms with Gasteiger partial charge >= 0.3 is 0 Å². The van der Waals surface area contributed by atoms with Gasteiger partial charge in [-0.3, -0.25) is 0 Å². The lowest BCUT2D eigenvalue weighted by Gasteiger charge is -2.02. The second kappa shape index (κ2) is 4.97. The molecule has 100 valence electrons. The summed E-state index contributed by atoms with van der Waals surface area (Å²) in [5, 5.41) is 7.10. The normalized spacial score (nSPS) is 18.7. The van der Waals surface area contributed by atoms with E-state index in [2.05, 4.69) is 15.5 Å². The predicted molar refractivity (Wildman–Crippen MR) is 66.2 cm³/mol. The van der Waals surface area contributed by atoms with Crippen molar-refractivity contribution in [3.8, 4) is 17.1 Å². The van der Waals surface area contributed by atoms with Gasteiger partial charge in [-0.25, -0.2) is 4.39 Å². The summed E-state index contributed by atoms with van der Waals surface area (Å²) in [6, 6.07) is 4.65. The van der Waals surface area contributed by atoms with E-state index in [-0.39, 0.29) is 11.9 Å². The zero-order valence-electron chi connectivity index (χ0n) is 10.5. The van der Waals surface area contributed by atoms with Crippen LogP contribution in [0.1, 0.15) is 24.8 Å². The van der Waals surface area contributed by atoms with Gasteiger partial charge in [0.1, 0.15) is 11.6 Å². The Morgan fingerprint density at radius 1 is 1.47 bits per heavy atom. The first-order valence-electron chi connectivity index (χ1n) is 6.19. The molecule has 1 unspecified atom stereocenters. The highest BCUT2D eigenvalue weighted by molar-refractivity contribution is 5.56. The van der Waals surface area contributed by atoms with Crippen LogP contribution in [-0.2, 0) is 0 Å². The largest absolute Gasteiger partial charge is 0.497 e. The molecule has 1 aliphatic heterocycles. The molecule has 0 amide bonds. The van der Waals surface area contributed by atoms with E-state index >= 15 is 0 Å². The number of nitrogens with zero attached hydrogens (tertiary/aromatic N) is 2. The number of hydrogen-bond acceptors (Lipinski definition) is 5. The molecule has 1 N–H and O–H groups in total. The summed E-state index contributed by atoms with van der Waals surface area (Å²) < 4.78 is 24.0. The van der Waals surface area contributed by atoms with E-state index in [1.165, 1.54) is 13.2 Å². The van der Waals surface area contributed by atoms with Crippen LogP contribution in [-0.4, -0.2) is 23.8 Å². The number of methoxy groups -OCH3 is 1. The smallest absolute Gasteiger partial charge is 0.244 e. The van der Waals surface area contributed by atoms with Gasteiger partial charge < -0.3 is 14.6 Å². The number of hydrogen-bond donors (Lipinski definition) is 1. The third kappa shape index (κ3) is 2.31. The Balaban J connectivity index is 1.89. The SMILES string of the molecule is COc1ccc(-c2noc(C3CCCN3)n2)c(F)c1. The molecule has 6 heteroatoms. The lowest BCUT2D eigenvalue weighted by molar-refractivity contribution is 0.344. The molecule has 0 aliphatic carbocycles. The molecule has 3 rings (SSSR count). The molecule has 1 aliphatic rings. The Kier molecular flexibility index (Phi) is 3.16. The molecule has 1 aromatic heterocycles. The third-order valence-corrected chi connectivity index (χ3v) is 3.22. The van der Waals surface area contributed by atoms with E-state index in [4.69, 9.17) is 9.26 Å². The number of nitrogens with one attached hydrogen (secondary N) is 1. The highest BCUT2D eigenvalue weighted by atomic mass is 19.1. The van der Waals surface area contributed by atoms with Crippen LogP contribution in [0.4, 0.5) is 4.39 Å². The molecule has 2 heterocycles. The summed E-state index contributed by atoms with van der Waals surface area (Å²) in [7, 11) is 1.49. The average Bonchev–Trinajstić information content (AvgIpc) is 3.09. The molecule has 19 heavy (non-hydrogen) atoms. The Morgan fingerprint density at radius 2 is 2.37 bits per heavy atom. The minimum Gasteiger partial charge on any atom is -0.497 e. The van der Waals surface area contributed by atoms with Crippen LogP contribution in [0, 0.1) is 5.82 Å².